The highest BCUT2D eigenvalue weighted by Gasteiger charge is 2.34. The van der Waals surface area contributed by atoms with Gasteiger partial charge in [0, 0.05) is 23.0 Å². The van der Waals surface area contributed by atoms with Crippen LogP contribution < -0.4 is 5.32 Å². The van der Waals surface area contributed by atoms with Crippen LogP contribution in [-0.2, 0) is 0 Å². The van der Waals surface area contributed by atoms with Crippen LogP contribution in [0.2, 0.25) is 0 Å². The standard InChI is InChI=1S/C15H20N2OS/c1-19-13-4-2-12(3-5-13)15(18)16-14-10-17-8-6-11(14)7-9-17/h2-5,11,14H,6-10H2,1H3,(H,16,18)/t14-/m0/s1. The predicted octanol–water partition coefficient (Wildman–Crippen LogP) is 2.23. The van der Waals surface area contributed by atoms with E-state index in [0.717, 1.165) is 12.1 Å². The third-order valence-electron chi connectivity index (χ3n) is 4.32. The van der Waals surface area contributed by atoms with Gasteiger partial charge < -0.3 is 10.2 Å². The van der Waals surface area contributed by atoms with E-state index < -0.39 is 0 Å². The van der Waals surface area contributed by atoms with Crippen molar-refractivity contribution < 1.29 is 4.79 Å². The average Bonchev–Trinajstić information content (AvgIpc) is 2.48. The maximum atomic E-state index is 12.3. The second-order valence-electron chi connectivity index (χ2n) is 5.45. The first-order valence-electron chi connectivity index (χ1n) is 6.93. The van der Waals surface area contributed by atoms with Crippen LogP contribution >= 0.6 is 11.8 Å². The number of hydrogen-bond acceptors (Lipinski definition) is 3. The van der Waals surface area contributed by atoms with Gasteiger partial charge in [0.15, 0.2) is 0 Å². The van der Waals surface area contributed by atoms with Crippen LogP contribution in [-0.4, -0.2) is 42.7 Å². The highest BCUT2D eigenvalue weighted by molar-refractivity contribution is 7.98. The number of rotatable bonds is 3. The normalized spacial score (nSPS) is 29.2. The van der Waals surface area contributed by atoms with Gasteiger partial charge in [0.05, 0.1) is 0 Å². The molecule has 0 aromatic heterocycles. The molecule has 102 valence electrons. The van der Waals surface area contributed by atoms with Crippen LogP contribution in [0.1, 0.15) is 23.2 Å². The summed E-state index contributed by atoms with van der Waals surface area (Å²) in [4.78, 5) is 15.9. The Bertz CT molecular complexity index is 452. The van der Waals surface area contributed by atoms with Crippen molar-refractivity contribution in [3.05, 3.63) is 29.8 Å². The Hall–Kier alpha value is -1.00. The quantitative estimate of drug-likeness (QED) is 0.859. The molecule has 4 rings (SSSR count). The Morgan fingerprint density at radius 1 is 1.26 bits per heavy atom. The third kappa shape index (κ3) is 2.79. The van der Waals surface area contributed by atoms with E-state index in [1.165, 1.54) is 30.8 Å². The molecule has 1 N–H and O–H groups in total. The highest BCUT2D eigenvalue weighted by atomic mass is 32.2. The molecule has 19 heavy (non-hydrogen) atoms. The van der Waals surface area contributed by atoms with Crippen molar-refractivity contribution in [2.75, 3.05) is 25.9 Å². The molecule has 0 radical (unpaired) electrons. The number of nitrogens with zero attached hydrogens (tertiary/aromatic N) is 1. The van der Waals surface area contributed by atoms with E-state index in [4.69, 9.17) is 0 Å². The highest BCUT2D eigenvalue weighted by Crippen LogP contribution is 2.27. The summed E-state index contributed by atoms with van der Waals surface area (Å²) in [6.45, 7) is 3.44. The number of carbonyl (C=O) groups is 1. The van der Waals surface area contributed by atoms with Crippen LogP contribution in [0.3, 0.4) is 0 Å². The van der Waals surface area contributed by atoms with Gasteiger partial charge in [0.2, 0.25) is 0 Å². The molecule has 3 aliphatic heterocycles. The van der Waals surface area contributed by atoms with Gasteiger partial charge in [-0.1, -0.05) is 0 Å². The number of amides is 1. The van der Waals surface area contributed by atoms with Gasteiger partial charge in [-0.3, -0.25) is 4.79 Å². The summed E-state index contributed by atoms with van der Waals surface area (Å²) in [7, 11) is 0. The fraction of sp³-hybridized carbons (Fsp3) is 0.533. The molecule has 3 nitrogen and oxygen atoms in total. The summed E-state index contributed by atoms with van der Waals surface area (Å²) in [5.74, 6) is 0.755. The van der Waals surface area contributed by atoms with E-state index in [-0.39, 0.29) is 5.91 Å². The summed E-state index contributed by atoms with van der Waals surface area (Å²) in [6.07, 6.45) is 4.51. The lowest BCUT2D eigenvalue weighted by molar-refractivity contribution is 0.0620. The van der Waals surface area contributed by atoms with Crippen LogP contribution in [0.4, 0.5) is 0 Å². The number of hydrogen-bond donors (Lipinski definition) is 1. The molecule has 0 spiro atoms. The van der Waals surface area contributed by atoms with Gasteiger partial charge in [0.1, 0.15) is 0 Å². The second kappa shape index (κ2) is 5.55. The van der Waals surface area contributed by atoms with E-state index in [0.29, 0.717) is 12.0 Å². The molecule has 3 saturated heterocycles. The summed E-state index contributed by atoms with van der Waals surface area (Å²) in [5.41, 5.74) is 0.772. The summed E-state index contributed by atoms with van der Waals surface area (Å²) >= 11 is 1.70. The van der Waals surface area contributed by atoms with Crippen LogP contribution in [0.25, 0.3) is 0 Å². The van der Waals surface area contributed by atoms with Gasteiger partial charge in [-0.05, 0) is 62.4 Å². The van der Waals surface area contributed by atoms with Crippen molar-refractivity contribution in [3.8, 4) is 0 Å². The Morgan fingerprint density at radius 2 is 1.95 bits per heavy atom. The molecular weight excluding hydrogens is 256 g/mol. The average molecular weight is 276 g/mol. The minimum absolute atomic E-state index is 0.0754. The zero-order chi connectivity index (χ0) is 13.2. The van der Waals surface area contributed by atoms with Gasteiger partial charge in [-0.2, -0.15) is 0 Å². The molecule has 0 unspecified atom stereocenters. The molecule has 1 aromatic rings. The van der Waals surface area contributed by atoms with Crippen molar-refractivity contribution in [1.82, 2.24) is 10.2 Å². The van der Waals surface area contributed by atoms with Gasteiger partial charge in [-0.25, -0.2) is 0 Å². The molecule has 4 heteroatoms. The maximum absolute atomic E-state index is 12.3. The van der Waals surface area contributed by atoms with Gasteiger partial charge in [-0.15, -0.1) is 11.8 Å². The molecule has 0 saturated carbocycles. The topological polar surface area (TPSA) is 32.3 Å². The largest absolute Gasteiger partial charge is 0.348 e. The maximum Gasteiger partial charge on any atom is 0.251 e. The molecule has 1 aromatic carbocycles. The lowest BCUT2D eigenvalue weighted by Crippen LogP contribution is -2.57. The first-order chi connectivity index (χ1) is 9.26. The molecular formula is C15H20N2OS. The predicted molar refractivity (Wildman–Crippen MR) is 78.6 cm³/mol. The van der Waals surface area contributed by atoms with Crippen LogP contribution in [0.5, 0.6) is 0 Å². The van der Waals surface area contributed by atoms with E-state index in [1.807, 2.05) is 30.5 Å². The van der Waals surface area contributed by atoms with Gasteiger partial charge >= 0.3 is 0 Å². The zero-order valence-electron chi connectivity index (χ0n) is 11.3. The molecule has 0 aliphatic carbocycles. The van der Waals surface area contributed by atoms with Crippen molar-refractivity contribution in [1.29, 1.82) is 0 Å². The number of nitrogens with one attached hydrogen (secondary N) is 1. The van der Waals surface area contributed by atoms with E-state index >= 15 is 0 Å². The molecule has 3 heterocycles. The number of thioether (sulfide) groups is 1. The molecule has 3 aliphatic rings. The summed E-state index contributed by atoms with van der Waals surface area (Å²) < 4.78 is 0. The monoisotopic (exact) mass is 276 g/mol. The fourth-order valence-corrected chi connectivity index (χ4v) is 3.53. The molecule has 1 atom stereocenters. The first kappa shape index (κ1) is 13.0. The third-order valence-corrected chi connectivity index (χ3v) is 5.07. The van der Waals surface area contributed by atoms with E-state index in [9.17, 15) is 4.79 Å². The Morgan fingerprint density at radius 3 is 2.47 bits per heavy atom. The van der Waals surface area contributed by atoms with E-state index in [2.05, 4.69) is 10.2 Å². The smallest absolute Gasteiger partial charge is 0.251 e. The van der Waals surface area contributed by atoms with Crippen LogP contribution in [0.15, 0.2) is 29.2 Å². The summed E-state index contributed by atoms with van der Waals surface area (Å²) in [6, 6.07) is 8.20. The minimum atomic E-state index is 0.0754. The zero-order valence-corrected chi connectivity index (χ0v) is 12.1. The van der Waals surface area contributed by atoms with Crippen molar-refractivity contribution in [2.45, 2.75) is 23.8 Å². The number of fused-ring (bicyclic) bond motifs is 3. The number of piperidine rings is 3. The molecule has 1 amide bonds. The minimum Gasteiger partial charge on any atom is -0.348 e. The first-order valence-corrected chi connectivity index (χ1v) is 8.16. The Kier molecular flexibility index (Phi) is 3.80. The van der Waals surface area contributed by atoms with E-state index in [1.54, 1.807) is 11.8 Å². The number of benzene rings is 1. The lowest BCUT2D eigenvalue weighted by Gasteiger charge is -2.44. The van der Waals surface area contributed by atoms with Crippen molar-refractivity contribution in [2.24, 2.45) is 5.92 Å². The van der Waals surface area contributed by atoms with Gasteiger partial charge in [0.25, 0.3) is 5.91 Å². The fourth-order valence-electron chi connectivity index (χ4n) is 3.12. The second-order valence-corrected chi connectivity index (χ2v) is 6.33. The van der Waals surface area contributed by atoms with Crippen LogP contribution in [0, 0.1) is 5.92 Å². The van der Waals surface area contributed by atoms with Crippen molar-refractivity contribution >= 4 is 17.7 Å². The Labute approximate surface area is 118 Å². The summed E-state index contributed by atoms with van der Waals surface area (Å²) in [5, 5.41) is 3.22. The molecule has 2 bridgehead atoms. The van der Waals surface area contributed by atoms with Crippen molar-refractivity contribution in [3.63, 3.8) is 0 Å². The lowest BCUT2D eigenvalue weighted by atomic mass is 9.84. The Balaban J connectivity index is 1.64. The molecule has 3 fully saturated rings. The SMILES string of the molecule is CSc1ccc(C(=O)N[C@H]2CN3CCC2CC3)cc1. The number of carbonyl (C=O) groups excluding carboxylic acids is 1.